The van der Waals surface area contributed by atoms with Gasteiger partial charge in [0.15, 0.2) is 0 Å². The summed E-state index contributed by atoms with van der Waals surface area (Å²) < 4.78 is 20.1. The lowest BCUT2D eigenvalue weighted by Crippen LogP contribution is -1.99. The first-order valence-corrected chi connectivity index (χ1v) is 4.49. The fourth-order valence-electron chi connectivity index (χ4n) is 0.952. The molecule has 0 fully saturated rings. The molecule has 1 rings (SSSR count). The average Bonchev–Trinajstić information content (AvgIpc) is 2.17. The van der Waals surface area contributed by atoms with Crippen LogP contribution in [0.3, 0.4) is 0 Å². The molecule has 0 aliphatic carbocycles. The van der Waals surface area contributed by atoms with Gasteiger partial charge in [0, 0.05) is 22.6 Å². The van der Waals surface area contributed by atoms with Crippen LogP contribution in [-0.2, 0) is 11.1 Å². The highest BCUT2D eigenvalue weighted by molar-refractivity contribution is 7.68. The number of rotatable bonds is 2. The second-order valence-electron chi connectivity index (χ2n) is 2.58. The van der Waals surface area contributed by atoms with E-state index in [1.54, 1.807) is 6.92 Å². The molecule has 6 heteroatoms. The van der Waals surface area contributed by atoms with Gasteiger partial charge in [-0.1, -0.05) is 0 Å². The third-order valence-electron chi connectivity index (χ3n) is 1.69. The van der Waals surface area contributed by atoms with Gasteiger partial charge in [-0.05, 0) is 24.1 Å². The molecule has 14 heavy (non-hydrogen) atoms. The monoisotopic (exact) mass is 214 g/mol. The summed E-state index contributed by atoms with van der Waals surface area (Å²) in [6.07, 6.45) is 0. The standard InChI is InChI=1S/C8H7FN2O2S/c1-5(14-10)7-4-6(11(12)13)2-3-8(7)9/h2-4,10H,1H3. The summed E-state index contributed by atoms with van der Waals surface area (Å²) in [7, 11) is 0. The molecule has 0 bridgehead atoms. The molecule has 1 aromatic carbocycles. The molecule has 0 spiro atoms. The molecule has 4 nitrogen and oxygen atoms in total. The number of benzene rings is 1. The van der Waals surface area contributed by atoms with E-state index in [9.17, 15) is 14.5 Å². The van der Waals surface area contributed by atoms with Gasteiger partial charge >= 0.3 is 0 Å². The van der Waals surface area contributed by atoms with Gasteiger partial charge in [-0.25, -0.2) is 9.17 Å². The molecule has 0 heterocycles. The Morgan fingerprint density at radius 2 is 2.29 bits per heavy atom. The molecule has 0 amide bonds. The number of nitrogens with zero attached hydrogens (tertiary/aromatic N) is 1. The summed E-state index contributed by atoms with van der Waals surface area (Å²) in [6.45, 7) is 1.54. The van der Waals surface area contributed by atoms with Crippen molar-refractivity contribution >= 4 is 21.7 Å². The fourth-order valence-corrected chi connectivity index (χ4v) is 1.22. The first-order valence-electron chi connectivity index (χ1n) is 3.67. The summed E-state index contributed by atoms with van der Waals surface area (Å²) in [5, 5.41) is 10.4. The minimum Gasteiger partial charge on any atom is -0.258 e. The van der Waals surface area contributed by atoms with Crippen LogP contribution in [0.1, 0.15) is 12.5 Å². The van der Waals surface area contributed by atoms with E-state index in [4.69, 9.17) is 4.78 Å². The topological polar surface area (TPSA) is 67.0 Å². The lowest BCUT2D eigenvalue weighted by molar-refractivity contribution is -0.384. The second-order valence-corrected chi connectivity index (χ2v) is 3.40. The van der Waals surface area contributed by atoms with Gasteiger partial charge in [-0.2, -0.15) is 0 Å². The van der Waals surface area contributed by atoms with E-state index < -0.39 is 10.7 Å². The van der Waals surface area contributed by atoms with E-state index in [0.717, 1.165) is 18.2 Å². The van der Waals surface area contributed by atoms with Crippen molar-refractivity contribution in [1.82, 2.24) is 0 Å². The molecule has 1 N–H and O–H groups in total. The maximum absolute atomic E-state index is 13.1. The Bertz CT molecular complexity index is 441. The van der Waals surface area contributed by atoms with Crippen LogP contribution in [-0.4, -0.2) is 9.79 Å². The molecule has 0 saturated carbocycles. The van der Waals surface area contributed by atoms with Gasteiger partial charge in [0.2, 0.25) is 0 Å². The van der Waals surface area contributed by atoms with Crippen LogP contribution in [0.25, 0.3) is 0 Å². The second kappa shape index (κ2) is 4.10. The minimum absolute atomic E-state index is 0.110. The highest BCUT2D eigenvalue weighted by Gasteiger charge is 2.11. The molecule has 0 radical (unpaired) electrons. The molecule has 0 aliphatic heterocycles. The number of nitrogens with one attached hydrogen (secondary N) is 1. The van der Waals surface area contributed by atoms with Gasteiger partial charge in [-0.3, -0.25) is 10.1 Å². The van der Waals surface area contributed by atoms with Crippen LogP contribution in [0.15, 0.2) is 18.2 Å². The molecule has 0 aliphatic rings. The van der Waals surface area contributed by atoms with Crippen LogP contribution in [0.4, 0.5) is 10.1 Å². The molecule has 0 unspecified atom stereocenters. The first kappa shape index (κ1) is 10.5. The van der Waals surface area contributed by atoms with Crippen LogP contribution < -0.4 is 0 Å². The third-order valence-corrected chi connectivity index (χ3v) is 2.22. The minimum atomic E-state index is -0.592. The first-order chi connectivity index (χ1) is 6.56. The Balaban J connectivity index is 3.35. The zero-order valence-corrected chi connectivity index (χ0v) is 8.10. The highest BCUT2D eigenvalue weighted by atomic mass is 32.1. The maximum atomic E-state index is 13.1. The molecule has 74 valence electrons. The van der Waals surface area contributed by atoms with Crippen molar-refractivity contribution in [1.29, 1.82) is 4.78 Å². The summed E-state index contributed by atoms with van der Waals surface area (Å²) in [4.78, 5) is 10.2. The van der Waals surface area contributed by atoms with Crippen molar-refractivity contribution in [3.05, 3.63) is 39.7 Å². The molecule has 0 atom stereocenters. The van der Waals surface area contributed by atoms with Crippen molar-refractivity contribution in [3.63, 3.8) is 0 Å². The highest BCUT2D eigenvalue weighted by Crippen LogP contribution is 2.16. The summed E-state index contributed by atoms with van der Waals surface area (Å²) >= 11 is 0.617. The fraction of sp³-hybridized carbons (Fsp3) is 0.125. The maximum Gasteiger partial charge on any atom is 0.270 e. The number of nitro benzene ring substituents is 1. The Morgan fingerprint density at radius 3 is 2.79 bits per heavy atom. The lowest BCUT2D eigenvalue weighted by Gasteiger charge is -1.99. The van der Waals surface area contributed by atoms with Crippen LogP contribution in [0.2, 0.25) is 0 Å². The van der Waals surface area contributed by atoms with E-state index in [1.807, 2.05) is 0 Å². The number of nitro groups is 1. The molecule has 0 saturated heterocycles. The smallest absolute Gasteiger partial charge is 0.258 e. The van der Waals surface area contributed by atoms with Crippen LogP contribution in [0.5, 0.6) is 0 Å². The summed E-state index contributed by atoms with van der Waals surface area (Å²) in [5.41, 5.74) is -0.0611. The number of halogens is 1. The van der Waals surface area contributed by atoms with Crippen molar-refractivity contribution in [3.8, 4) is 0 Å². The van der Waals surface area contributed by atoms with E-state index in [-0.39, 0.29) is 11.3 Å². The SMILES string of the molecule is CC(=S=N)c1cc([N+](=O)[O-])ccc1F. The van der Waals surface area contributed by atoms with E-state index in [1.165, 1.54) is 0 Å². The zero-order chi connectivity index (χ0) is 10.7. The summed E-state index contributed by atoms with van der Waals surface area (Å²) in [6, 6.07) is 3.26. The molecular formula is C8H7FN2O2S. The molecular weight excluding hydrogens is 207 g/mol. The average molecular weight is 214 g/mol. The predicted molar refractivity (Wildman–Crippen MR) is 52.9 cm³/mol. The number of hydrogen-bond donors (Lipinski definition) is 1. The van der Waals surface area contributed by atoms with Gasteiger partial charge in [-0.15, -0.1) is 0 Å². The van der Waals surface area contributed by atoms with Gasteiger partial charge < -0.3 is 0 Å². The Labute approximate surface area is 83.0 Å². The zero-order valence-electron chi connectivity index (χ0n) is 7.28. The van der Waals surface area contributed by atoms with E-state index in [2.05, 4.69) is 0 Å². The Kier molecular flexibility index (Phi) is 3.08. The van der Waals surface area contributed by atoms with Crippen molar-refractivity contribution < 1.29 is 9.31 Å². The number of non-ortho nitro benzene ring substituents is 1. The Hall–Kier alpha value is -1.56. The Morgan fingerprint density at radius 1 is 1.64 bits per heavy atom. The van der Waals surface area contributed by atoms with Crippen LogP contribution in [0, 0.1) is 20.7 Å². The predicted octanol–water partition coefficient (Wildman–Crippen LogP) is 2.12. The van der Waals surface area contributed by atoms with Crippen molar-refractivity contribution in [2.24, 2.45) is 0 Å². The van der Waals surface area contributed by atoms with E-state index in [0.29, 0.717) is 16.0 Å². The van der Waals surface area contributed by atoms with E-state index >= 15 is 0 Å². The van der Waals surface area contributed by atoms with Gasteiger partial charge in [0.05, 0.1) is 4.92 Å². The van der Waals surface area contributed by atoms with Crippen LogP contribution >= 0.6 is 0 Å². The molecule has 0 aromatic heterocycles. The summed E-state index contributed by atoms with van der Waals surface area (Å²) in [5.74, 6) is -0.548. The van der Waals surface area contributed by atoms with Crippen molar-refractivity contribution in [2.45, 2.75) is 6.92 Å². The largest absolute Gasteiger partial charge is 0.270 e. The lowest BCUT2D eigenvalue weighted by atomic mass is 10.1. The van der Waals surface area contributed by atoms with Crippen molar-refractivity contribution in [2.75, 3.05) is 0 Å². The van der Waals surface area contributed by atoms with Gasteiger partial charge in [0.1, 0.15) is 5.82 Å². The molecule has 1 aromatic rings. The quantitative estimate of drug-likeness (QED) is 0.354. The van der Waals surface area contributed by atoms with Gasteiger partial charge in [0.25, 0.3) is 5.69 Å². The normalized spacial score (nSPS) is 9.57. The third kappa shape index (κ3) is 2.02. The number of hydrogen-bond acceptors (Lipinski definition) is 3.